The number of piperazine rings is 1. The fourth-order valence-electron chi connectivity index (χ4n) is 2.17. The fraction of sp³-hybridized carbons (Fsp3) is 0.500. The van der Waals surface area contributed by atoms with Crippen molar-refractivity contribution in [2.45, 2.75) is 0 Å². The van der Waals surface area contributed by atoms with Crippen LogP contribution >= 0.6 is 11.6 Å². The van der Waals surface area contributed by atoms with E-state index in [9.17, 15) is 9.18 Å². The van der Waals surface area contributed by atoms with Gasteiger partial charge in [-0.3, -0.25) is 9.69 Å². The number of carbonyl (C=O) groups is 1. The Morgan fingerprint density at radius 2 is 2.05 bits per heavy atom. The minimum Gasteiger partial charge on any atom is -0.484 e. The van der Waals surface area contributed by atoms with Gasteiger partial charge in [-0.15, -0.1) is 0 Å². The SMILES string of the molecule is O=C(COc1ccc(F)c(Cl)c1)N1CCN(CCO)CC1. The lowest BCUT2D eigenvalue weighted by Gasteiger charge is -2.34. The summed E-state index contributed by atoms with van der Waals surface area (Å²) in [6, 6.07) is 3.99. The standard InChI is InChI=1S/C14H18ClFN2O3/c15-12-9-11(1-2-13(12)16)21-10-14(20)18-5-3-17(4-6-18)7-8-19/h1-2,9,19H,3-8,10H2. The van der Waals surface area contributed by atoms with Crippen LogP contribution in [-0.4, -0.2) is 66.8 Å². The summed E-state index contributed by atoms with van der Waals surface area (Å²) < 4.78 is 18.3. The van der Waals surface area contributed by atoms with E-state index in [0.717, 1.165) is 13.1 Å². The van der Waals surface area contributed by atoms with Crippen LogP contribution < -0.4 is 4.74 Å². The Morgan fingerprint density at radius 3 is 2.67 bits per heavy atom. The summed E-state index contributed by atoms with van der Waals surface area (Å²) in [7, 11) is 0. The first-order chi connectivity index (χ1) is 10.1. The van der Waals surface area contributed by atoms with E-state index < -0.39 is 5.82 Å². The van der Waals surface area contributed by atoms with E-state index in [1.807, 2.05) is 0 Å². The van der Waals surface area contributed by atoms with E-state index in [1.165, 1.54) is 18.2 Å². The first-order valence-electron chi connectivity index (χ1n) is 6.79. The van der Waals surface area contributed by atoms with Gasteiger partial charge in [-0.1, -0.05) is 11.6 Å². The topological polar surface area (TPSA) is 53.0 Å². The average Bonchev–Trinajstić information content (AvgIpc) is 2.49. The van der Waals surface area contributed by atoms with Crippen molar-refractivity contribution in [2.75, 3.05) is 45.9 Å². The molecule has 0 atom stereocenters. The normalized spacial score (nSPS) is 16.0. The van der Waals surface area contributed by atoms with E-state index in [-0.39, 0.29) is 24.1 Å². The summed E-state index contributed by atoms with van der Waals surface area (Å²) >= 11 is 5.65. The Hall–Kier alpha value is -1.37. The molecule has 1 saturated heterocycles. The average molecular weight is 317 g/mol. The van der Waals surface area contributed by atoms with Gasteiger partial charge in [0.2, 0.25) is 0 Å². The van der Waals surface area contributed by atoms with Crippen LogP contribution in [0.15, 0.2) is 18.2 Å². The number of aliphatic hydroxyl groups is 1. The van der Waals surface area contributed by atoms with Gasteiger partial charge in [0, 0.05) is 38.8 Å². The Labute approximate surface area is 127 Å². The van der Waals surface area contributed by atoms with Crippen molar-refractivity contribution in [1.82, 2.24) is 9.80 Å². The molecule has 1 fully saturated rings. The van der Waals surface area contributed by atoms with Crippen molar-refractivity contribution >= 4 is 17.5 Å². The van der Waals surface area contributed by atoms with Gasteiger partial charge in [0.15, 0.2) is 6.61 Å². The molecule has 1 heterocycles. The smallest absolute Gasteiger partial charge is 0.260 e. The Balaban J connectivity index is 1.78. The molecule has 1 aliphatic heterocycles. The van der Waals surface area contributed by atoms with Gasteiger partial charge in [-0.2, -0.15) is 0 Å². The van der Waals surface area contributed by atoms with Gasteiger partial charge in [-0.25, -0.2) is 4.39 Å². The van der Waals surface area contributed by atoms with Crippen LogP contribution in [0.2, 0.25) is 5.02 Å². The van der Waals surface area contributed by atoms with E-state index in [1.54, 1.807) is 4.90 Å². The summed E-state index contributed by atoms with van der Waals surface area (Å²) in [6.07, 6.45) is 0. The van der Waals surface area contributed by atoms with Crippen LogP contribution in [0.4, 0.5) is 4.39 Å². The van der Waals surface area contributed by atoms with Crippen molar-refractivity contribution in [3.05, 3.63) is 29.0 Å². The van der Waals surface area contributed by atoms with Crippen molar-refractivity contribution in [3.8, 4) is 5.75 Å². The second-order valence-electron chi connectivity index (χ2n) is 4.81. The highest BCUT2D eigenvalue weighted by Crippen LogP contribution is 2.21. The number of benzene rings is 1. The zero-order valence-corrected chi connectivity index (χ0v) is 12.4. The van der Waals surface area contributed by atoms with Gasteiger partial charge < -0.3 is 14.7 Å². The summed E-state index contributed by atoms with van der Waals surface area (Å²) in [4.78, 5) is 15.8. The highest BCUT2D eigenvalue weighted by molar-refractivity contribution is 6.30. The number of carbonyl (C=O) groups excluding carboxylic acids is 1. The summed E-state index contributed by atoms with van der Waals surface area (Å²) in [5, 5.41) is 8.84. The second kappa shape index (κ2) is 7.59. The molecule has 1 aromatic carbocycles. The summed E-state index contributed by atoms with van der Waals surface area (Å²) in [6.45, 7) is 3.39. The first-order valence-corrected chi connectivity index (χ1v) is 7.17. The van der Waals surface area contributed by atoms with Gasteiger partial charge in [0.1, 0.15) is 11.6 Å². The molecule has 0 aromatic heterocycles. The third kappa shape index (κ3) is 4.56. The molecule has 7 heteroatoms. The number of amides is 1. The summed E-state index contributed by atoms with van der Waals surface area (Å²) in [5.41, 5.74) is 0. The minimum absolute atomic E-state index is 0.0300. The van der Waals surface area contributed by atoms with Gasteiger partial charge in [0.25, 0.3) is 5.91 Å². The molecule has 0 saturated carbocycles. The predicted octanol–water partition coefficient (Wildman–Crippen LogP) is 0.994. The largest absolute Gasteiger partial charge is 0.484 e. The lowest BCUT2D eigenvalue weighted by molar-refractivity contribution is -0.135. The van der Waals surface area contributed by atoms with Crippen molar-refractivity contribution in [1.29, 1.82) is 0 Å². The van der Waals surface area contributed by atoms with Crippen molar-refractivity contribution in [3.63, 3.8) is 0 Å². The zero-order chi connectivity index (χ0) is 15.2. The number of rotatable bonds is 5. The third-order valence-corrected chi connectivity index (χ3v) is 3.68. The molecule has 2 rings (SSSR count). The van der Waals surface area contributed by atoms with Gasteiger partial charge >= 0.3 is 0 Å². The van der Waals surface area contributed by atoms with E-state index in [2.05, 4.69) is 4.90 Å². The van der Waals surface area contributed by atoms with Crippen LogP contribution in [-0.2, 0) is 4.79 Å². The molecule has 116 valence electrons. The second-order valence-corrected chi connectivity index (χ2v) is 5.22. The van der Waals surface area contributed by atoms with Gasteiger partial charge in [-0.05, 0) is 12.1 Å². The molecule has 1 aliphatic rings. The molecule has 0 bridgehead atoms. The van der Waals surface area contributed by atoms with Crippen LogP contribution in [0.3, 0.4) is 0 Å². The molecule has 5 nitrogen and oxygen atoms in total. The molecule has 0 spiro atoms. The maximum Gasteiger partial charge on any atom is 0.260 e. The molecular weight excluding hydrogens is 299 g/mol. The quantitative estimate of drug-likeness (QED) is 0.880. The van der Waals surface area contributed by atoms with E-state index >= 15 is 0 Å². The highest BCUT2D eigenvalue weighted by atomic mass is 35.5. The monoisotopic (exact) mass is 316 g/mol. The maximum absolute atomic E-state index is 13.0. The lowest BCUT2D eigenvalue weighted by atomic mass is 10.3. The van der Waals surface area contributed by atoms with Crippen LogP contribution in [0.5, 0.6) is 5.75 Å². The Morgan fingerprint density at radius 1 is 1.33 bits per heavy atom. The van der Waals surface area contributed by atoms with Crippen molar-refractivity contribution < 1.29 is 19.0 Å². The van der Waals surface area contributed by atoms with Gasteiger partial charge in [0.05, 0.1) is 11.6 Å². The number of halogens is 2. The Bertz CT molecular complexity index is 493. The first kappa shape index (κ1) is 16.0. The molecule has 0 radical (unpaired) electrons. The number of hydrogen-bond acceptors (Lipinski definition) is 4. The summed E-state index contributed by atoms with van der Waals surface area (Å²) in [5.74, 6) is -0.261. The zero-order valence-electron chi connectivity index (χ0n) is 11.6. The molecule has 0 unspecified atom stereocenters. The number of hydrogen-bond donors (Lipinski definition) is 1. The number of nitrogens with zero attached hydrogens (tertiary/aromatic N) is 2. The molecule has 1 N–H and O–H groups in total. The third-order valence-electron chi connectivity index (χ3n) is 3.39. The highest BCUT2D eigenvalue weighted by Gasteiger charge is 2.20. The number of ether oxygens (including phenoxy) is 1. The van der Waals surface area contributed by atoms with Crippen LogP contribution in [0.25, 0.3) is 0 Å². The van der Waals surface area contributed by atoms with Crippen LogP contribution in [0, 0.1) is 5.82 Å². The lowest BCUT2D eigenvalue weighted by Crippen LogP contribution is -2.50. The van der Waals surface area contributed by atoms with Crippen LogP contribution in [0.1, 0.15) is 0 Å². The maximum atomic E-state index is 13.0. The molecule has 1 aromatic rings. The fourth-order valence-corrected chi connectivity index (χ4v) is 2.34. The Kier molecular flexibility index (Phi) is 5.78. The number of β-amino-alcohol motifs (C(OH)–C–C–N with tert-alkyl or cyclic N) is 1. The molecule has 1 amide bonds. The molecule has 21 heavy (non-hydrogen) atoms. The number of aliphatic hydroxyl groups excluding tert-OH is 1. The predicted molar refractivity (Wildman–Crippen MR) is 77.0 cm³/mol. The van der Waals surface area contributed by atoms with E-state index in [0.29, 0.717) is 25.4 Å². The molecule has 0 aliphatic carbocycles. The minimum atomic E-state index is -0.518. The van der Waals surface area contributed by atoms with E-state index in [4.69, 9.17) is 21.4 Å². The van der Waals surface area contributed by atoms with Crippen molar-refractivity contribution in [2.24, 2.45) is 0 Å². The molecular formula is C14H18ClFN2O3.